The molecular formula is C13H16N2O2. The predicted molar refractivity (Wildman–Crippen MR) is 62.5 cm³/mol. The average Bonchev–Trinajstić information content (AvgIpc) is 2.93. The fourth-order valence-electron chi connectivity index (χ4n) is 2.09. The second-order valence-corrected chi connectivity index (χ2v) is 4.83. The summed E-state index contributed by atoms with van der Waals surface area (Å²) in [6.07, 6.45) is 5.95. The third-order valence-electron chi connectivity index (χ3n) is 3.20. The molecule has 1 fully saturated rings. The van der Waals surface area contributed by atoms with Crippen molar-refractivity contribution in [2.24, 2.45) is 5.92 Å². The number of rotatable bonds is 4. The first-order valence-corrected chi connectivity index (χ1v) is 5.98. The highest BCUT2D eigenvalue weighted by Crippen LogP contribution is 2.40. The van der Waals surface area contributed by atoms with Gasteiger partial charge in [0.15, 0.2) is 5.76 Å². The van der Waals surface area contributed by atoms with Crippen molar-refractivity contribution in [2.75, 3.05) is 0 Å². The number of aliphatic hydroxyl groups excluding tert-OH is 1. The van der Waals surface area contributed by atoms with Crippen molar-refractivity contribution in [2.45, 2.75) is 32.4 Å². The number of aromatic nitrogens is 2. The molecule has 4 heteroatoms. The highest BCUT2D eigenvalue weighted by Gasteiger charge is 2.31. The summed E-state index contributed by atoms with van der Waals surface area (Å²) in [4.78, 5) is 0. The Bertz CT molecular complexity index is 511. The molecule has 17 heavy (non-hydrogen) atoms. The maximum atomic E-state index is 9.99. The summed E-state index contributed by atoms with van der Waals surface area (Å²) >= 11 is 0. The Hall–Kier alpha value is -1.55. The molecule has 2 aromatic heterocycles. The summed E-state index contributed by atoms with van der Waals surface area (Å²) in [7, 11) is 0. The Morgan fingerprint density at radius 3 is 3.06 bits per heavy atom. The second kappa shape index (κ2) is 4.04. The molecule has 3 rings (SSSR count). The molecule has 1 aliphatic carbocycles. The van der Waals surface area contributed by atoms with E-state index in [0.717, 1.165) is 29.9 Å². The van der Waals surface area contributed by atoms with E-state index in [1.165, 1.54) is 0 Å². The Balaban J connectivity index is 1.71. The van der Waals surface area contributed by atoms with Gasteiger partial charge in [-0.1, -0.05) is 5.16 Å². The van der Waals surface area contributed by atoms with Crippen LogP contribution in [-0.4, -0.2) is 14.8 Å². The molecule has 1 unspecified atom stereocenters. The minimum Gasteiger partial charge on any atom is -0.388 e. The van der Waals surface area contributed by atoms with Crippen molar-refractivity contribution < 1.29 is 9.63 Å². The Morgan fingerprint density at radius 2 is 2.41 bits per heavy atom. The number of aryl methyl sites for hydroxylation is 1. The van der Waals surface area contributed by atoms with Crippen LogP contribution in [0.15, 0.2) is 29.0 Å². The van der Waals surface area contributed by atoms with E-state index in [-0.39, 0.29) is 6.10 Å². The van der Waals surface area contributed by atoms with E-state index < -0.39 is 0 Å². The van der Waals surface area contributed by atoms with Crippen LogP contribution in [0.3, 0.4) is 0 Å². The summed E-state index contributed by atoms with van der Waals surface area (Å²) in [5.74, 6) is 1.31. The van der Waals surface area contributed by atoms with Gasteiger partial charge >= 0.3 is 0 Å². The van der Waals surface area contributed by atoms with Crippen LogP contribution in [0.4, 0.5) is 0 Å². The van der Waals surface area contributed by atoms with E-state index in [2.05, 4.69) is 5.16 Å². The number of aliphatic hydroxyl groups is 1. The van der Waals surface area contributed by atoms with E-state index in [0.29, 0.717) is 12.5 Å². The lowest BCUT2D eigenvalue weighted by Crippen LogP contribution is -1.99. The van der Waals surface area contributed by atoms with Gasteiger partial charge in [-0.25, -0.2) is 0 Å². The van der Waals surface area contributed by atoms with Gasteiger partial charge in [-0.05, 0) is 37.3 Å². The standard InChI is InChI=1S/C13H16N2O2/c1-9-6-12(17-14-9)8-15-5-4-11(7-15)13(16)10-2-3-10/h4-7,10,13,16H,2-3,8H2,1H3. The summed E-state index contributed by atoms with van der Waals surface area (Å²) in [6.45, 7) is 2.57. The maximum Gasteiger partial charge on any atom is 0.156 e. The van der Waals surface area contributed by atoms with E-state index in [4.69, 9.17) is 4.52 Å². The van der Waals surface area contributed by atoms with Crippen LogP contribution >= 0.6 is 0 Å². The smallest absolute Gasteiger partial charge is 0.156 e. The highest BCUT2D eigenvalue weighted by molar-refractivity contribution is 5.17. The largest absolute Gasteiger partial charge is 0.388 e. The van der Waals surface area contributed by atoms with Crippen molar-refractivity contribution in [1.29, 1.82) is 0 Å². The zero-order valence-electron chi connectivity index (χ0n) is 9.84. The summed E-state index contributed by atoms with van der Waals surface area (Å²) in [5.41, 5.74) is 1.90. The van der Waals surface area contributed by atoms with Gasteiger partial charge in [0.2, 0.25) is 0 Å². The average molecular weight is 232 g/mol. The minimum absolute atomic E-state index is 0.298. The van der Waals surface area contributed by atoms with Gasteiger partial charge in [-0.15, -0.1) is 0 Å². The molecule has 2 aromatic rings. The van der Waals surface area contributed by atoms with E-state index >= 15 is 0 Å². The minimum atomic E-state index is -0.298. The van der Waals surface area contributed by atoms with Gasteiger partial charge in [-0.3, -0.25) is 0 Å². The van der Waals surface area contributed by atoms with Gasteiger partial charge < -0.3 is 14.2 Å². The van der Waals surface area contributed by atoms with Crippen LogP contribution in [0.1, 0.15) is 36.0 Å². The van der Waals surface area contributed by atoms with Crippen molar-refractivity contribution >= 4 is 0 Å². The van der Waals surface area contributed by atoms with Crippen molar-refractivity contribution in [3.63, 3.8) is 0 Å². The van der Waals surface area contributed by atoms with Crippen LogP contribution in [0.2, 0.25) is 0 Å². The van der Waals surface area contributed by atoms with Crippen LogP contribution in [0.5, 0.6) is 0 Å². The molecule has 1 saturated carbocycles. The van der Waals surface area contributed by atoms with Crippen molar-refractivity contribution in [1.82, 2.24) is 9.72 Å². The zero-order valence-corrected chi connectivity index (χ0v) is 9.84. The van der Waals surface area contributed by atoms with Crippen LogP contribution in [0, 0.1) is 12.8 Å². The molecule has 0 amide bonds. The molecule has 1 atom stereocenters. The third-order valence-corrected chi connectivity index (χ3v) is 3.20. The molecule has 0 radical (unpaired) electrons. The summed E-state index contributed by atoms with van der Waals surface area (Å²) in [5, 5.41) is 13.8. The number of hydrogen-bond acceptors (Lipinski definition) is 3. The quantitative estimate of drug-likeness (QED) is 0.879. The number of hydrogen-bond donors (Lipinski definition) is 1. The first-order chi connectivity index (χ1) is 8.22. The molecule has 1 N–H and O–H groups in total. The van der Waals surface area contributed by atoms with Gasteiger partial charge in [0, 0.05) is 18.5 Å². The number of nitrogens with zero attached hydrogens (tertiary/aromatic N) is 2. The van der Waals surface area contributed by atoms with Gasteiger partial charge in [0.1, 0.15) is 0 Å². The Labute approximate surface area is 99.9 Å². The van der Waals surface area contributed by atoms with Crippen molar-refractivity contribution in [3.05, 3.63) is 41.5 Å². The second-order valence-electron chi connectivity index (χ2n) is 4.83. The molecule has 0 bridgehead atoms. The zero-order chi connectivity index (χ0) is 11.8. The van der Waals surface area contributed by atoms with Crippen LogP contribution in [0.25, 0.3) is 0 Å². The van der Waals surface area contributed by atoms with Gasteiger partial charge in [0.05, 0.1) is 18.3 Å². The lowest BCUT2D eigenvalue weighted by atomic mass is 10.1. The normalized spacial score (nSPS) is 17.3. The molecule has 90 valence electrons. The molecule has 0 saturated heterocycles. The highest BCUT2D eigenvalue weighted by atomic mass is 16.5. The lowest BCUT2D eigenvalue weighted by Gasteiger charge is -2.05. The Morgan fingerprint density at radius 1 is 1.59 bits per heavy atom. The topological polar surface area (TPSA) is 51.2 Å². The Kier molecular flexibility index (Phi) is 2.52. The molecule has 1 aliphatic rings. The molecule has 4 nitrogen and oxygen atoms in total. The first-order valence-electron chi connectivity index (χ1n) is 5.98. The lowest BCUT2D eigenvalue weighted by molar-refractivity contribution is 0.154. The molecular weight excluding hydrogens is 216 g/mol. The fraction of sp³-hybridized carbons (Fsp3) is 0.462. The summed E-state index contributed by atoms with van der Waals surface area (Å²) in [6, 6.07) is 3.91. The van der Waals surface area contributed by atoms with Gasteiger partial charge in [0.25, 0.3) is 0 Å². The first kappa shape index (κ1) is 10.6. The SMILES string of the molecule is Cc1cc(Cn2ccc(C(O)C3CC3)c2)on1. The monoisotopic (exact) mass is 232 g/mol. The maximum absolute atomic E-state index is 9.99. The predicted octanol–water partition coefficient (Wildman–Crippen LogP) is 2.28. The van der Waals surface area contributed by atoms with Crippen LogP contribution in [-0.2, 0) is 6.54 Å². The van der Waals surface area contributed by atoms with Gasteiger partial charge in [-0.2, -0.15) is 0 Å². The van der Waals surface area contributed by atoms with E-state index in [1.54, 1.807) is 0 Å². The summed E-state index contributed by atoms with van der Waals surface area (Å²) < 4.78 is 7.18. The van der Waals surface area contributed by atoms with E-state index in [1.807, 2.05) is 36.0 Å². The van der Waals surface area contributed by atoms with Crippen molar-refractivity contribution in [3.8, 4) is 0 Å². The molecule has 0 aromatic carbocycles. The fourth-order valence-corrected chi connectivity index (χ4v) is 2.09. The molecule has 2 heterocycles. The molecule has 0 spiro atoms. The third kappa shape index (κ3) is 2.26. The van der Waals surface area contributed by atoms with Crippen LogP contribution < -0.4 is 0 Å². The molecule has 0 aliphatic heterocycles. The van der Waals surface area contributed by atoms with E-state index in [9.17, 15) is 5.11 Å².